The average Bonchev–Trinajstić information content (AvgIpc) is 2.49. The molecule has 4 heteroatoms. The molecule has 1 fully saturated rings. The van der Waals surface area contributed by atoms with E-state index in [9.17, 15) is 9.59 Å². The molecule has 1 heterocycles. The smallest absolute Gasteiger partial charge is 0.307 e. The van der Waals surface area contributed by atoms with Crippen molar-refractivity contribution >= 4 is 11.8 Å². The second-order valence-electron chi connectivity index (χ2n) is 5.33. The van der Waals surface area contributed by atoms with Crippen molar-refractivity contribution in [1.29, 1.82) is 0 Å². The first-order valence-corrected chi connectivity index (χ1v) is 6.03. The number of ketones is 1. The lowest BCUT2D eigenvalue weighted by molar-refractivity contribution is -0.136. The van der Waals surface area contributed by atoms with Crippen LogP contribution in [0.25, 0.3) is 0 Å². The maximum absolute atomic E-state index is 11.7. The molecular formula is C14H18O4. The highest BCUT2D eigenvalue weighted by Crippen LogP contribution is 2.53. The third-order valence-electron chi connectivity index (χ3n) is 4.11. The molecule has 0 amide bonds. The van der Waals surface area contributed by atoms with Crippen LogP contribution in [-0.4, -0.2) is 24.0 Å². The lowest BCUT2D eigenvalue weighted by Crippen LogP contribution is -2.43. The number of allylic oxidation sites excluding steroid dienone is 2. The summed E-state index contributed by atoms with van der Waals surface area (Å²) in [5, 5.41) is 0. The normalized spacial score (nSPS) is 37.4. The summed E-state index contributed by atoms with van der Waals surface area (Å²) in [6.07, 6.45) is 3.77. The van der Waals surface area contributed by atoms with Crippen molar-refractivity contribution in [2.24, 2.45) is 5.41 Å². The standard InChI is InChI=1S/C14H18O4/c1-9(18-10(2)15)12-8-17-14(4)6-5-11(16)7-13(12,14)3/h5-6H,7-8H2,1-4H3/b12-9+/t13-,14-/m0/s1. The number of hydrogen-bond acceptors (Lipinski definition) is 4. The lowest BCUT2D eigenvalue weighted by Gasteiger charge is -2.40. The summed E-state index contributed by atoms with van der Waals surface area (Å²) in [5.41, 5.74) is -0.0337. The summed E-state index contributed by atoms with van der Waals surface area (Å²) in [6.45, 7) is 7.46. The zero-order valence-electron chi connectivity index (χ0n) is 11.2. The number of carbonyl (C=O) groups is 2. The Morgan fingerprint density at radius 2 is 2.06 bits per heavy atom. The van der Waals surface area contributed by atoms with Gasteiger partial charge in [-0.05, 0) is 26.0 Å². The summed E-state index contributed by atoms with van der Waals surface area (Å²) in [4.78, 5) is 22.7. The van der Waals surface area contributed by atoms with Gasteiger partial charge in [-0.15, -0.1) is 0 Å². The van der Waals surface area contributed by atoms with E-state index in [1.54, 1.807) is 13.0 Å². The minimum atomic E-state index is -0.502. The van der Waals surface area contributed by atoms with Crippen LogP contribution in [0.1, 0.15) is 34.1 Å². The Bertz CT molecular complexity index is 474. The Labute approximate surface area is 107 Å². The Kier molecular flexibility index (Phi) is 2.93. The van der Waals surface area contributed by atoms with Gasteiger partial charge in [0.1, 0.15) is 5.76 Å². The van der Waals surface area contributed by atoms with E-state index in [-0.39, 0.29) is 11.8 Å². The van der Waals surface area contributed by atoms with E-state index in [0.29, 0.717) is 18.8 Å². The average molecular weight is 250 g/mol. The van der Waals surface area contributed by atoms with Gasteiger partial charge in [0, 0.05) is 24.3 Å². The molecule has 0 spiro atoms. The van der Waals surface area contributed by atoms with Crippen molar-refractivity contribution in [2.45, 2.75) is 39.7 Å². The molecule has 0 aromatic carbocycles. The highest BCUT2D eigenvalue weighted by molar-refractivity contribution is 5.92. The van der Waals surface area contributed by atoms with E-state index in [2.05, 4.69) is 0 Å². The summed E-state index contributed by atoms with van der Waals surface area (Å²) in [6, 6.07) is 0. The van der Waals surface area contributed by atoms with Crippen molar-refractivity contribution in [3.05, 3.63) is 23.5 Å². The maximum Gasteiger partial charge on any atom is 0.307 e. The third-order valence-corrected chi connectivity index (χ3v) is 4.11. The van der Waals surface area contributed by atoms with Gasteiger partial charge in [0.15, 0.2) is 5.78 Å². The Balaban J connectivity index is 2.45. The number of carbonyl (C=O) groups excluding carboxylic acids is 2. The molecule has 1 aliphatic heterocycles. The van der Waals surface area contributed by atoms with E-state index in [1.165, 1.54) is 6.92 Å². The second-order valence-corrected chi connectivity index (χ2v) is 5.33. The number of ether oxygens (including phenoxy) is 2. The van der Waals surface area contributed by atoms with Crippen molar-refractivity contribution in [3.63, 3.8) is 0 Å². The predicted octanol–water partition coefficient (Wildman–Crippen LogP) is 2.15. The summed E-state index contributed by atoms with van der Waals surface area (Å²) in [5.74, 6) is 0.278. The minimum Gasteiger partial charge on any atom is -0.432 e. The monoisotopic (exact) mass is 250 g/mol. The molecule has 0 aromatic heterocycles. The topological polar surface area (TPSA) is 52.6 Å². The lowest BCUT2D eigenvalue weighted by atomic mass is 9.65. The van der Waals surface area contributed by atoms with Crippen LogP contribution in [0.15, 0.2) is 23.5 Å². The number of fused-ring (bicyclic) bond motifs is 1. The molecule has 0 aromatic rings. The number of hydrogen-bond donors (Lipinski definition) is 0. The zero-order chi connectivity index (χ0) is 13.6. The van der Waals surface area contributed by atoms with Gasteiger partial charge >= 0.3 is 5.97 Å². The highest BCUT2D eigenvalue weighted by atomic mass is 16.5. The van der Waals surface area contributed by atoms with E-state index < -0.39 is 11.0 Å². The molecule has 0 bridgehead atoms. The first kappa shape index (κ1) is 13.0. The van der Waals surface area contributed by atoms with E-state index in [4.69, 9.17) is 9.47 Å². The van der Waals surface area contributed by atoms with Crippen LogP contribution >= 0.6 is 0 Å². The van der Waals surface area contributed by atoms with Gasteiger partial charge in [-0.3, -0.25) is 9.59 Å². The molecule has 2 atom stereocenters. The summed E-state index contributed by atoms with van der Waals surface area (Å²) in [7, 11) is 0. The largest absolute Gasteiger partial charge is 0.432 e. The van der Waals surface area contributed by atoms with Crippen LogP contribution in [0.4, 0.5) is 0 Å². The number of esters is 1. The van der Waals surface area contributed by atoms with Gasteiger partial charge < -0.3 is 9.47 Å². The zero-order valence-corrected chi connectivity index (χ0v) is 11.2. The van der Waals surface area contributed by atoms with Crippen molar-refractivity contribution in [3.8, 4) is 0 Å². The molecule has 1 saturated heterocycles. The summed E-state index contributed by atoms with van der Waals surface area (Å²) >= 11 is 0. The molecule has 0 unspecified atom stereocenters. The Hall–Kier alpha value is -1.42. The van der Waals surface area contributed by atoms with Crippen LogP contribution in [0.2, 0.25) is 0 Å². The van der Waals surface area contributed by atoms with Crippen LogP contribution in [0.5, 0.6) is 0 Å². The maximum atomic E-state index is 11.7. The summed E-state index contributed by atoms with van der Waals surface area (Å²) < 4.78 is 11.0. The van der Waals surface area contributed by atoms with Crippen LogP contribution in [-0.2, 0) is 19.1 Å². The molecule has 4 nitrogen and oxygen atoms in total. The van der Waals surface area contributed by atoms with E-state index in [1.807, 2.05) is 19.9 Å². The molecule has 2 rings (SSSR count). The second kappa shape index (κ2) is 4.05. The van der Waals surface area contributed by atoms with Gasteiger partial charge in [0.2, 0.25) is 0 Å². The number of rotatable bonds is 1. The molecule has 18 heavy (non-hydrogen) atoms. The van der Waals surface area contributed by atoms with Gasteiger partial charge in [-0.25, -0.2) is 0 Å². The van der Waals surface area contributed by atoms with Gasteiger partial charge in [-0.2, -0.15) is 0 Å². The van der Waals surface area contributed by atoms with E-state index in [0.717, 1.165) is 5.57 Å². The Morgan fingerprint density at radius 3 is 2.67 bits per heavy atom. The SMILES string of the molecule is CC(=O)O/C(C)=C1\CO[C@@]2(C)C=CC(=O)C[C@@]12C. The quantitative estimate of drug-likeness (QED) is 0.528. The highest BCUT2D eigenvalue weighted by Gasteiger charge is 2.55. The molecule has 0 saturated carbocycles. The first-order chi connectivity index (χ1) is 8.28. The molecule has 0 N–H and O–H groups in total. The van der Waals surface area contributed by atoms with E-state index >= 15 is 0 Å². The van der Waals surface area contributed by atoms with Gasteiger partial charge in [0.05, 0.1) is 12.2 Å². The van der Waals surface area contributed by atoms with Gasteiger partial charge in [0.25, 0.3) is 0 Å². The molecule has 2 aliphatic rings. The van der Waals surface area contributed by atoms with Crippen LogP contribution in [0, 0.1) is 5.41 Å². The fraction of sp³-hybridized carbons (Fsp3) is 0.571. The van der Waals surface area contributed by atoms with Gasteiger partial charge in [-0.1, -0.05) is 6.92 Å². The minimum absolute atomic E-state index is 0.0774. The van der Waals surface area contributed by atoms with Crippen LogP contribution < -0.4 is 0 Å². The molecule has 98 valence electrons. The molecule has 1 aliphatic carbocycles. The third kappa shape index (κ3) is 1.81. The van der Waals surface area contributed by atoms with Crippen molar-refractivity contribution < 1.29 is 19.1 Å². The molecular weight excluding hydrogens is 232 g/mol. The first-order valence-electron chi connectivity index (χ1n) is 6.03. The fourth-order valence-corrected chi connectivity index (χ4v) is 2.78. The Morgan fingerprint density at radius 1 is 1.39 bits per heavy atom. The fourth-order valence-electron chi connectivity index (χ4n) is 2.78. The van der Waals surface area contributed by atoms with Crippen molar-refractivity contribution in [1.82, 2.24) is 0 Å². The molecule has 0 radical (unpaired) electrons. The predicted molar refractivity (Wildman–Crippen MR) is 65.7 cm³/mol. The van der Waals surface area contributed by atoms with Crippen molar-refractivity contribution in [2.75, 3.05) is 6.61 Å². The van der Waals surface area contributed by atoms with Crippen LogP contribution in [0.3, 0.4) is 0 Å².